The number of anilines is 1. The molecule has 0 spiro atoms. The molecule has 1 aliphatic rings. The van der Waals surface area contributed by atoms with Gasteiger partial charge in [-0.1, -0.05) is 23.7 Å². The van der Waals surface area contributed by atoms with Gasteiger partial charge in [0.25, 0.3) is 5.91 Å². The van der Waals surface area contributed by atoms with Crippen LogP contribution in [0.4, 0.5) is 10.1 Å². The van der Waals surface area contributed by atoms with Gasteiger partial charge in [0.15, 0.2) is 5.76 Å². The third-order valence-electron chi connectivity index (χ3n) is 5.16. The predicted octanol–water partition coefficient (Wildman–Crippen LogP) is 5.21. The zero-order valence-electron chi connectivity index (χ0n) is 17.4. The van der Waals surface area contributed by atoms with Gasteiger partial charge >= 0.3 is 0 Å². The molecular weight excluding hydrogens is 469 g/mol. The Morgan fingerprint density at radius 1 is 1.06 bits per heavy atom. The maximum Gasteiger partial charge on any atom is 0.295 e. The first-order valence-corrected chi connectivity index (χ1v) is 11.9. The van der Waals surface area contributed by atoms with Gasteiger partial charge in [0.1, 0.15) is 22.5 Å². The summed E-state index contributed by atoms with van der Waals surface area (Å²) < 4.78 is 46.3. The topological polar surface area (TPSA) is 83.9 Å². The summed E-state index contributed by atoms with van der Waals surface area (Å²) in [6, 6.07) is 15.8. The molecule has 0 unspecified atom stereocenters. The number of hydrogen-bond donors (Lipinski definition) is 1. The van der Waals surface area contributed by atoms with E-state index < -0.39 is 38.3 Å². The second kappa shape index (κ2) is 8.88. The quantitative estimate of drug-likeness (QED) is 0.516. The second-order valence-electron chi connectivity index (χ2n) is 7.23. The van der Waals surface area contributed by atoms with E-state index in [1.165, 1.54) is 36.4 Å². The van der Waals surface area contributed by atoms with Crippen molar-refractivity contribution in [1.82, 2.24) is 0 Å². The van der Waals surface area contributed by atoms with Crippen molar-refractivity contribution in [3.8, 4) is 5.75 Å². The van der Waals surface area contributed by atoms with Crippen LogP contribution in [-0.4, -0.2) is 26.0 Å². The molecule has 33 heavy (non-hydrogen) atoms. The highest BCUT2D eigenvalue weighted by atomic mass is 35.5. The lowest BCUT2D eigenvalue weighted by molar-refractivity contribution is -0.117. The van der Waals surface area contributed by atoms with Crippen molar-refractivity contribution >= 4 is 33.0 Å². The lowest BCUT2D eigenvalue weighted by Gasteiger charge is -2.27. The Bertz CT molecular complexity index is 1340. The zero-order valence-corrected chi connectivity index (χ0v) is 19.0. The number of aliphatic hydroxyl groups excluding tert-OH is 1. The van der Waals surface area contributed by atoms with Crippen LogP contribution in [0.5, 0.6) is 5.75 Å². The molecule has 3 aromatic carbocycles. The standard InChI is InChI=1S/C24H19ClFNO5S/c1-2-32-19-5-3-4-15(14-19)21-23(33(30,31)20-12-6-16(25)7-13-20)22(28)24(29)27(21)18-10-8-17(26)9-11-18/h3-14,21,28H,2H2,1H3/t21-/m1/s1. The first-order valence-electron chi connectivity index (χ1n) is 9.99. The Balaban J connectivity index is 1.93. The van der Waals surface area contributed by atoms with Gasteiger partial charge in [-0.15, -0.1) is 0 Å². The maximum absolute atomic E-state index is 13.6. The number of carbonyl (C=O) groups excluding carboxylic acids is 1. The van der Waals surface area contributed by atoms with Crippen molar-refractivity contribution < 1.29 is 27.4 Å². The minimum absolute atomic E-state index is 0.131. The fourth-order valence-electron chi connectivity index (χ4n) is 3.71. The van der Waals surface area contributed by atoms with E-state index in [0.29, 0.717) is 22.9 Å². The summed E-state index contributed by atoms with van der Waals surface area (Å²) in [6.07, 6.45) is 0. The first kappa shape index (κ1) is 22.8. The molecule has 3 aromatic rings. The van der Waals surface area contributed by atoms with Crippen LogP contribution in [0.1, 0.15) is 18.5 Å². The number of benzene rings is 3. The van der Waals surface area contributed by atoms with Gasteiger partial charge < -0.3 is 9.84 Å². The van der Waals surface area contributed by atoms with Gasteiger partial charge in [-0.25, -0.2) is 12.8 Å². The number of hydrogen-bond acceptors (Lipinski definition) is 5. The van der Waals surface area contributed by atoms with Crippen LogP contribution in [-0.2, 0) is 14.6 Å². The lowest BCUT2D eigenvalue weighted by Crippen LogP contribution is -2.31. The summed E-state index contributed by atoms with van der Waals surface area (Å²) in [5.74, 6) is -1.87. The smallest absolute Gasteiger partial charge is 0.295 e. The number of sulfone groups is 1. The summed E-state index contributed by atoms with van der Waals surface area (Å²) in [7, 11) is -4.32. The molecule has 4 rings (SSSR count). The Morgan fingerprint density at radius 3 is 2.36 bits per heavy atom. The highest BCUT2D eigenvalue weighted by Gasteiger charge is 2.47. The molecule has 0 aromatic heterocycles. The Hall–Kier alpha value is -3.36. The highest BCUT2D eigenvalue weighted by Crippen LogP contribution is 2.45. The molecule has 0 saturated carbocycles. The van der Waals surface area contributed by atoms with E-state index in [2.05, 4.69) is 0 Å². The number of amides is 1. The van der Waals surface area contributed by atoms with Crippen molar-refractivity contribution in [2.45, 2.75) is 17.9 Å². The molecule has 0 fully saturated rings. The number of halogens is 2. The molecule has 1 aliphatic heterocycles. The first-order chi connectivity index (χ1) is 15.7. The van der Waals surface area contributed by atoms with Gasteiger partial charge in [0.05, 0.1) is 11.5 Å². The van der Waals surface area contributed by atoms with Gasteiger partial charge in [0, 0.05) is 10.7 Å². The lowest BCUT2D eigenvalue weighted by atomic mass is 10.1. The molecule has 9 heteroatoms. The predicted molar refractivity (Wildman–Crippen MR) is 123 cm³/mol. The minimum atomic E-state index is -4.32. The summed E-state index contributed by atoms with van der Waals surface area (Å²) >= 11 is 5.90. The normalized spacial score (nSPS) is 16.4. The van der Waals surface area contributed by atoms with Crippen LogP contribution < -0.4 is 9.64 Å². The van der Waals surface area contributed by atoms with E-state index in [4.69, 9.17) is 16.3 Å². The number of aliphatic hydroxyl groups is 1. The Labute approximate surface area is 195 Å². The largest absolute Gasteiger partial charge is 0.502 e. The second-order valence-corrected chi connectivity index (χ2v) is 9.58. The van der Waals surface area contributed by atoms with Crippen LogP contribution in [0.15, 0.2) is 88.4 Å². The Kier molecular flexibility index (Phi) is 6.14. The molecule has 0 radical (unpaired) electrons. The zero-order chi connectivity index (χ0) is 23.8. The third kappa shape index (κ3) is 4.19. The van der Waals surface area contributed by atoms with Gasteiger partial charge in [0.2, 0.25) is 9.84 Å². The SMILES string of the molecule is CCOc1cccc([C@@H]2C(S(=O)(=O)c3ccc(Cl)cc3)=C(O)C(=O)N2c2ccc(F)cc2)c1. The van der Waals surface area contributed by atoms with Gasteiger partial charge in [-0.05, 0) is 73.2 Å². The van der Waals surface area contributed by atoms with Gasteiger partial charge in [-0.3, -0.25) is 9.69 Å². The summed E-state index contributed by atoms with van der Waals surface area (Å²) in [5, 5.41) is 11.1. The minimum Gasteiger partial charge on any atom is -0.502 e. The fourth-order valence-corrected chi connectivity index (χ4v) is 5.46. The van der Waals surface area contributed by atoms with Crippen LogP contribution in [0, 0.1) is 5.82 Å². The van der Waals surface area contributed by atoms with Crippen LogP contribution >= 0.6 is 11.6 Å². The van der Waals surface area contributed by atoms with E-state index >= 15 is 0 Å². The molecule has 0 aliphatic carbocycles. The molecule has 1 heterocycles. The van der Waals surface area contributed by atoms with Crippen molar-refractivity contribution in [3.63, 3.8) is 0 Å². The fraction of sp³-hybridized carbons (Fsp3) is 0.125. The molecule has 0 saturated heterocycles. The van der Waals surface area contributed by atoms with Crippen LogP contribution in [0.25, 0.3) is 0 Å². The maximum atomic E-state index is 13.6. The van der Waals surface area contributed by atoms with Crippen LogP contribution in [0.2, 0.25) is 5.02 Å². The summed E-state index contributed by atoms with van der Waals surface area (Å²) in [6.45, 7) is 2.19. The highest BCUT2D eigenvalue weighted by molar-refractivity contribution is 7.95. The molecule has 1 atom stereocenters. The summed E-state index contributed by atoms with van der Waals surface area (Å²) in [5.41, 5.74) is 0.622. The average molecular weight is 488 g/mol. The van der Waals surface area contributed by atoms with Crippen molar-refractivity contribution in [3.05, 3.63) is 99.9 Å². The molecule has 6 nitrogen and oxygen atoms in total. The van der Waals surface area contributed by atoms with Crippen molar-refractivity contribution in [2.75, 3.05) is 11.5 Å². The molecule has 1 amide bonds. The molecular formula is C24H19ClFNO5S. The van der Waals surface area contributed by atoms with E-state index in [1.54, 1.807) is 31.2 Å². The number of nitrogens with zero attached hydrogens (tertiary/aromatic N) is 1. The molecule has 1 N–H and O–H groups in total. The summed E-state index contributed by atoms with van der Waals surface area (Å²) in [4.78, 5) is 13.7. The van der Waals surface area contributed by atoms with E-state index in [0.717, 1.165) is 17.0 Å². The molecule has 170 valence electrons. The van der Waals surface area contributed by atoms with Gasteiger partial charge in [-0.2, -0.15) is 0 Å². The van der Waals surface area contributed by atoms with Crippen molar-refractivity contribution in [2.24, 2.45) is 0 Å². The van der Waals surface area contributed by atoms with E-state index in [-0.39, 0.29) is 10.6 Å². The van der Waals surface area contributed by atoms with E-state index in [1.807, 2.05) is 0 Å². The number of rotatable bonds is 6. The Morgan fingerprint density at radius 2 is 1.73 bits per heavy atom. The third-order valence-corrected chi connectivity index (χ3v) is 7.30. The van der Waals surface area contributed by atoms with Crippen LogP contribution in [0.3, 0.4) is 0 Å². The number of ether oxygens (including phenoxy) is 1. The monoisotopic (exact) mass is 487 g/mol. The van der Waals surface area contributed by atoms with E-state index in [9.17, 15) is 22.7 Å². The van der Waals surface area contributed by atoms with Crippen molar-refractivity contribution in [1.29, 1.82) is 0 Å². The average Bonchev–Trinajstić information content (AvgIpc) is 3.06. The molecule has 0 bridgehead atoms. The number of carbonyl (C=O) groups is 1.